The number of nitrogens with zero attached hydrogens (tertiary/aromatic N) is 1. The van der Waals surface area contributed by atoms with Crippen LogP contribution in [0.15, 0.2) is 22.7 Å². The number of benzene rings is 1. The summed E-state index contributed by atoms with van der Waals surface area (Å²) in [5, 5.41) is 12.5. The number of halogens is 1. The third-order valence-electron chi connectivity index (χ3n) is 4.27. The molecule has 1 atom stereocenters. The molecule has 0 amide bonds. The predicted octanol–water partition coefficient (Wildman–Crippen LogP) is 3.47. The predicted molar refractivity (Wildman–Crippen MR) is 88.3 cm³/mol. The van der Waals surface area contributed by atoms with Crippen LogP contribution in [0.2, 0.25) is 0 Å². The molecule has 1 aliphatic carbocycles. The van der Waals surface area contributed by atoms with E-state index in [0.29, 0.717) is 12.1 Å². The van der Waals surface area contributed by atoms with Gasteiger partial charge in [-0.15, -0.1) is 0 Å². The summed E-state index contributed by atoms with van der Waals surface area (Å²) in [5.41, 5.74) is 2.64. The minimum Gasteiger partial charge on any atom is -0.396 e. The zero-order valence-electron chi connectivity index (χ0n) is 12.4. The van der Waals surface area contributed by atoms with Crippen molar-refractivity contribution in [2.45, 2.75) is 44.7 Å². The van der Waals surface area contributed by atoms with Crippen molar-refractivity contribution in [2.75, 3.05) is 25.1 Å². The third kappa shape index (κ3) is 3.54. The van der Waals surface area contributed by atoms with Gasteiger partial charge in [0.2, 0.25) is 0 Å². The second kappa shape index (κ2) is 7.43. The molecular formula is C16H25BrN2O. The molecule has 20 heavy (non-hydrogen) atoms. The number of nitrogens with one attached hydrogen (secondary N) is 1. The van der Waals surface area contributed by atoms with Crippen molar-refractivity contribution < 1.29 is 5.11 Å². The van der Waals surface area contributed by atoms with E-state index in [1.807, 2.05) is 7.05 Å². The van der Waals surface area contributed by atoms with Gasteiger partial charge in [-0.25, -0.2) is 0 Å². The van der Waals surface area contributed by atoms with Crippen LogP contribution in [0, 0.1) is 0 Å². The lowest BCUT2D eigenvalue weighted by atomic mass is 9.90. The van der Waals surface area contributed by atoms with Gasteiger partial charge >= 0.3 is 0 Å². The summed E-state index contributed by atoms with van der Waals surface area (Å²) in [6, 6.07) is 7.50. The topological polar surface area (TPSA) is 35.5 Å². The minimum absolute atomic E-state index is 0.258. The zero-order valence-corrected chi connectivity index (χ0v) is 14.0. The Morgan fingerprint density at radius 3 is 2.75 bits per heavy atom. The SMILES string of the molecule is CNC(C)c1ccc(Br)cc1N(CCCO)C1CCC1. The van der Waals surface area contributed by atoms with Crippen LogP contribution in [0.25, 0.3) is 0 Å². The molecule has 1 fully saturated rings. The van der Waals surface area contributed by atoms with Gasteiger partial charge in [0.15, 0.2) is 0 Å². The van der Waals surface area contributed by atoms with Gasteiger partial charge in [0.1, 0.15) is 0 Å². The third-order valence-corrected chi connectivity index (χ3v) is 4.77. The molecule has 1 unspecified atom stereocenters. The van der Waals surface area contributed by atoms with Crippen LogP contribution < -0.4 is 10.2 Å². The molecule has 1 aliphatic rings. The molecule has 112 valence electrons. The molecule has 0 spiro atoms. The molecule has 1 aromatic carbocycles. The minimum atomic E-state index is 0.258. The van der Waals surface area contributed by atoms with Gasteiger partial charge in [-0.2, -0.15) is 0 Å². The number of aliphatic hydroxyl groups is 1. The molecule has 0 aromatic heterocycles. The maximum Gasteiger partial charge on any atom is 0.0447 e. The highest BCUT2D eigenvalue weighted by Gasteiger charge is 2.27. The molecule has 1 aromatic rings. The lowest BCUT2D eigenvalue weighted by Gasteiger charge is -2.41. The van der Waals surface area contributed by atoms with E-state index < -0.39 is 0 Å². The van der Waals surface area contributed by atoms with E-state index in [2.05, 4.69) is 51.3 Å². The molecule has 4 heteroatoms. The smallest absolute Gasteiger partial charge is 0.0447 e. The quantitative estimate of drug-likeness (QED) is 0.797. The first-order valence-electron chi connectivity index (χ1n) is 7.51. The van der Waals surface area contributed by atoms with Crippen molar-refractivity contribution in [3.05, 3.63) is 28.2 Å². The zero-order chi connectivity index (χ0) is 14.5. The molecule has 0 heterocycles. The average Bonchev–Trinajstić information content (AvgIpc) is 2.40. The van der Waals surface area contributed by atoms with Gasteiger partial charge in [-0.3, -0.25) is 0 Å². The molecule has 0 radical (unpaired) electrons. The Morgan fingerprint density at radius 2 is 2.20 bits per heavy atom. The van der Waals surface area contributed by atoms with Crippen LogP contribution in [0.1, 0.15) is 44.2 Å². The normalized spacial score (nSPS) is 16.8. The maximum atomic E-state index is 9.17. The fraction of sp³-hybridized carbons (Fsp3) is 0.625. The van der Waals surface area contributed by atoms with E-state index in [1.54, 1.807) is 0 Å². The average molecular weight is 341 g/mol. The molecule has 1 saturated carbocycles. The van der Waals surface area contributed by atoms with E-state index in [9.17, 15) is 0 Å². The Labute approximate surface area is 130 Å². The second-order valence-electron chi connectivity index (χ2n) is 5.57. The molecule has 2 rings (SSSR count). The first kappa shape index (κ1) is 15.8. The number of hydrogen-bond donors (Lipinski definition) is 2. The van der Waals surface area contributed by atoms with Gasteiger partial charge < -0.3 is 15.3 Å². The molecule has 0 bridgehead atoms. The van der Waals surface area contributed by atoms with E-state index in [-0.39, 0.29) is 6.61 Å². The molecule has 2 N–H and O–H groups in total. The number of rotatable bonds is 7. The maximum absolute atomic E-state index is 9.17. The van der Waals surface area contributed by atoms with Crippen LogP contribution in [0.3, 0.4) is 0 Å². The van der Waals surface area contributed by atoms with Crippen LogP contribution >= 0.6 is 15.9 Å². The summed E-state index contributed by atoms with van der Waals surface area (Å²) in [6.45, 7) is 3.38. The first-order valence-corrected chi connectivity index (χ1v) is 8.31. The number of aliphatic hydroxyl groups excluding tert-OH is 1. The van der Waals surface area contributed by atoms with Crippen LogP contribution in [-0.2, 0) is 0 Å². The Kier molecular flexibility index (Phi) is 5.87. The van der Waals surface area contributed by atoms with E-state index in [1.165, 1.54) is 30.5 Å². The van der Waals surface area contributed by atoms with Gasteiger partial charge in [0.25, 0.3) is 0 Å². The Balaban J connectivity index is 2.31. The summed E-state index contributed by atoms with van der Waals surface area (Å²) in [6.07, 6.45) is 4.69. The summed E-state index contributed by atoms with van der Waals surface area (Å²) in [5.74, 6) is 0. The largest absolute Gasteiger partial charge is 0.396 e. The highest BCUT2D eigenvalue weighted by Crippen LogP contribution is 2.35. The van der Waals surface area contributed by atoms with Crippen molar-refractivity contribution in [2.24, 2.45) is 0 Å². The van der Waals surface area contributed by atoms with Crippen LogP contribution in [0.4, 0.5) is 5.69 Å². The van der Waals surface area contributed by atoms with Gasteiger partial charge in [-0.1, -0.05) is 22.0 Å². The van der Waals surface area contributed by atoms with Gasteiger partial charge in [-0.05, 0) is 57.4 Å². The van der Waals surface area contributed by atoms with Gasteiger partial charge in [0, 0.05) is 35.4 Å². The highest BCUT2D eigenvalue weighted by molar-refractivity contribution is 9.10. The van der Waals surface area contributed by atoms with E-state index in [4.69, 9.17) is 5.11 Å². The summed E-state index contributed by atoms with van der Waals surface area (Å²) < 4.78 is 1.12. The van der Waals surface area contributed by atoms with E-state index in [0.717, 1.165) is 17.4 Å². The van der Waals surface area contributed by atoms with Crippen LogP contribution in [-0.4, -0.2) is 31.3 Å². The molecule has 0 saturated heterocycles. The van der Waals surface area contributed by atoms with Crippen LogP contribution in [0.5, 0.6) is 0 Å². The van der Waals surface area contributed by atoms with Crippen molar-refractivity contribution in [3.63, 3.8) is 0 Å². The van der Waals surface area contributed by atoms with Gasteiger partial charge in [0.05, 0.1) is 0 Å². The lowest BCUT2D eigenvalue weighted by molar-refractivity contribution is 0.283. The highest BCUT2D eigenvalue weighted by atomic mass is 79.9. The monoisotopic (exact) mass is 340 g/mol. The second-order valence-corrected chi connectivity index (χ2v) is 6.48. The fourth-order valence-electron chi connectivity index (χ4n) is 2.73. The van der Waals surface area contributed by atoms with E-state index >= 15 is 0 Å². The Bertz CT molecular complexity index is 434. The summed E-state index contributed by atoms with van der Waals surface area (Å²) in [7, 11) is 2.00. The summed E-state index contributed by atoms with van der Waals surface area (Å²) >= 11 is 3.60. The number of anilines is 1. The van der Waals surface area contributed by atoms with Crippen molar-refractivity contribution in [1.82, 2.24) is 5.32 Å². The molecule has 3 nitrogen and oxygen atoms in total. The molecular weight excluding hydrogens is 316 g/mol. The standard InChI is InChI=1S/C16H25BrN2O/c1-12(18-2)15-8-7-13(17)11-16(15)19(9-4-10-20)14-5-3-6-14/h7-8,11-12,14,18,20H,3-6,9-10H2,1-2H3. The van der Waals surface area contributed by atoms with Crippen molar-refractivity contribution >= 4 is 21.6 Å². The first-order chi connectivity index (χ1) is 9.67. The Hall–Kier alpha value is -0.580. The van der Waals surface area contributed by atoms with Crippen molar-refractivity contribution in [1.29, 1.82) is 0 Å². The Morgan fingerprint density at radius 1 is 1.45 bits per heavy atom. The fourth-order valence-corrected chi connectivity index (χ4v) is 3.08. The summed E-state index contributed by atoms with van der Waals surface area (Å²) in [4.78, 5) is 2.49. The number of hydrogen-bond acceptors (Lipinski definition) is 3. The van der Waals surface area contributed by atoms with Crippen molar-refractivity contribution in [3.8, 4) is 0 Å². The lowest BCUT2D eigenvalue weighted by Crippen LogP contribution is -2.42. The molecule has 0 aliphatic heterocycles.